The Morgan fingerprint density at radius 3 is 1.69 bits per heavy atom. The average Bonchev–Trinajstić information content (AvgIpc) is 1.95. The molecule has 0 bridgehead atoms. The number of hydrogen-bond acceptors (Lipinski definition) is 0. The Hall–Kier alpha value is 0. The maximum absolute atomic E-state index is 2.45. The van der Waals surface area contributed by atoms with E-state index in [1.54, 1.807) is 0 Å². The molecule has 0 nitrogen and oxygen atoms in total. The van der Waals surface area contributed by atoms with E-state index in [1.165, 1.54) is 12.8 Å². The molecule has 78 valence electrons. The third-order valence-corrected chi connectivity index (χ3v) is 4.15. The average molecular weight is 182 g/mol. The SMILES string of the molecule is CC1CCC(C)C(C(C)(C)C)C1C. The third-order valence-electron chi connectivity index (χ3n) is 4.15. The Balaban J connectivity index is 2.78. The molecule has 0 aromatic rings. The molecule has 0 aliphatic heterocycles. The van der Waals surface area contributed by atoms with Crippen LogP contribution in [0.25, 0.3) is 0 Å². The largest absolute Gasteiger partial charge is 0.0622 e. The minimum absolute atomic E-state index is 0.494. The van der Waals surface area contributed by atoms with Crippen molar-refractivity contribution in [2.24, 2.45) is 29.1 Å². The molecule has 0 heteroatoms. The van der Waals surface area contributed by atoms with Crippen molar-refractivity contribution in [3.8, 4) is 0 Å². The van der Waals surface area contributed by atoms with Gasteiger partial charge in [-0.05, 0) is 29.1 Å². The van der Waals surface area contributed by atoms with E-state index >= 15 is 0 Å². The summed E-state index contributed by atoms with van der Waals surface area (Å²) < 4.78 is 0. The van der Waals surface area contributed by atoms with Gasteiger partial charge in [0.15, 0.2) is 0 Å². The van der Waals surface area contributed by atoms with Crippen molar-refractivity contribution < 1.29 is 0 Å². The van der Waals surface area contributed by atoms with E-state index < -0.39 is 0 Å². The lowest BCUT2D eigenvalue weighted by molar-refractivity contribution is 0.0320. The molecule has 0 N–H and O–H groups in total. The van der Waals surface area contributed by atoms with Gasteiger partial charge in [-0.15, -0.1) is 0 Å². The fourth-order valence-corrected chi connectivity index (χ4v) is 3.48. The lowest BCUT2D eigenvalue weighted by atomic mass is 9.59. The van der Waals surface area contributed by atoms with Crippen molar-refractivity contribution in [3.63, 3.8) is 0 Å². The molecule has 0 radical (unpaired) electrons. The fourth-order valence-electron chi connectivity index (χ4n) is 3.48. The maximum Gasteiger partial charge on any atom is -0.0311 e. The second-order valence-corrected chi connectivity index (χ2v) is 6.28. The minimum atomic E-state index is 0.494. The van der Waals surface area contributed by atoms with Gasteiger partial charge < -0.3 is 0 Å². The van der Waals surface area contributed by atoms with Crippen LogP contribution in [0.1, 0.15) is 54.4 Å². The predicted octanol–water partition coefficient (Wildman–Crippen LogP) is 4.35. The smallest absolute Gasteiger partial charge is 0.0311 e. The van der Waals surface area contributed by atoms with Crippen molar-refractivity contribution in [2.45, 2.75) is 54.4 Å². The molecular formula is C13H26. The molecule has 4 unspecified atom stereocenters. The van der Waals surface area contributed by atoms with Crippen molar-refractivity contribution >= 4 is 0 Å². The van der Waals surface area contributed by atoms with Gasteiger partial charge in [-0.2, -0.15) is 0 Å². The van der Waals surface area contributed by atoms with Gasteiger partial charge in [0.1, 0.15) is 0 Å². The maximum atomic E-state index is 2.45. The first-order valence-electron chi connectivity index (χ1n) is 5.84. The normalized spacial score (nSPS) is 42.0. The highest BCUT2D eigenvalue weighted by atomic mass is 14.4. The molecule has 1 fully saturated rings. The van der Waals surface area contributed by atoms with Crippen LogP contribution in [0.3, 0.4) is 0 Å². The van der Waals surface area contributed by atoms with Crippen molar-refractivity contribution in [3.05, 3.63) is 0 Å². The molecule has 0 saturated heterocycles. The van der Waals surface area contributed by atoms with E-state index in [0.717, 1.165) is 23.7 Å². The lowest BCUT2D eigenvalue weighted by Gasteiger charge is -2.46. The summed E-state index contributed by atoms with van der Waals surface area (Å²) in [6.45, 7) is 14.5. The monoisotopic (exact) mass is 182 g/mol. The Labute approximate surface area is 84.1 Å². The van der Waals surface area contributed by atoms with Crippen molar-refractivity contribution in [2.75, 3.05) is 0 Å². The molecule has 0 aromatic carbocycles. The summed E-state index contributed by atoms with van der Waals surface area (Å²) in [6, 6.07) is 0. The van der Waals surface area contributed by atoms with Crippen LogP contribution in [0, 0.1) is 29.1 Å². The molecule has 0 aromatic heterocycles. The molecular weight excluding hydrogens is 156 g/mol. The highest BCUT2D eigenvalue weighted by Gasteiger charge is 2.39. The first-order chi connectivity index (χ1) is 5.84. The highest BCUT2D eigenvalue weighted by molar-refractivity contribution is 4.88. The van der Waals surface area contributed by atoms with Gasteiger partial charge in [0.05, 0.1) is 0 Å². The number of rotatable bonds is 0. The highest BCUT2D eigenvalue weighted by Crippen LogP contribution is 2.47. The molecule has 0 heterocycles. The van der Waals surface area contributed by atoms with Crippen LogP contribution in [-0.2, 0) is 0 Å². The summed E-state index contributed by atoms with van der Waals surface area (Å²) in [5.41, 5.74) is 0.494. The molecule has 4 atom stereocenters. The summed E-state index contributed by atoms with van der Waals surface area (Å²) in [4.78, 5) is 0. The van der Waals surface area contributed by atoms with Crippen LogP contribution < -0.4 is 0 Å². The van der Waals surface area contributed by atoms with Crippen LogP contribution in [0.5, 0.6) is 0 Å². The molecule has 1 aliphatic carbocycles. The summed E-state index contributed by atoms with van der Waals surface area (Å²) in [5, 5.41) is 0. The summed E-state index contributed by atoms with van der Waals surface area (Å²) >= 11 is 0. The Kier molecular flexibility index (Phi) is 3.09. The zero-order chi connectivity index (χ0) is 10.2. The van der Waals surface area contributed by atoms with Crippen molar-refractivity contribution in [1.29, 1.82) is 0 Å². The van der Waals surface area contributed by atoms with E-state index in [-0.39, 0.29) is 0 Å². The topological polar surface area (TPSA) is 0 Å². The van der Waals surface area contributed by atoms with Crippen molar-refractivity contribution in [1.82, 2.24) is 0 Å². The summed E-state index contributed by atoms with van der Waals surface area (Å²) in [5.74, 6) is 3.67. The van der Waals surface area contributed by atoms with E-state index in [9.17, 15) is 0 Å². The summed E-state index contributed by atoms with van der Waals surface area (Å²) in [6.07, 6.45) is 2.88. The van der Waals surface area contributed by atoms with Crippen LogP contribution in [-0.4, -0.2) is 0 Å². The Morgan fingerprint density at radius 1 is 0.846 bits per heavy atom. The second kappa shape index (κ2) is 3.63. The Bertz CT molecular complexity index is 163. The van der Waals surface area contributed by atoms with Crippen LogP contribution in [0.2, 0.25) is 0 Å². The predicted molar refractivity (Wildman–Crippen MR) is 59.7 cm³/mol. The van der Waals surface area contributed by atoms with Crippen LogP contribution >= 0.6 is 0 Å². The van der Waals surface area contributed by atoms with Gasteiger partial charge >= 0.3 is 0 Å². The van der Waals surface area contributed by atoms with E-state index in [1.807, 2.05) is 0 Å². The molecule has 1 saturated carbocycles. The van der Waals surface area contributed by atoms with Gasteiger partial charge in [-0.3, -0.25) is 0 Å². The Morgan fingerprint density at radius 2 is 1.31 bits per heavy atom. The van der Waals surface area contributed by atoms with Gasteiger partial charge in [-0.1, -0.05) is 54.4 Å². The van der Waals surface area contributed by atoms with E-state index in [0.29, 0.717) is 5.41 Å². The number of hydrogen-bond donors (Lipinski definition) is 0. The van der Waals surface area contributed by atoms with E-state index in [2.05, 4.69) is 41.5 Å². The second-order valence-electron chi connectivity index (χ2n) is 6.28. The van der Waals surface area contributed by atoms with Gasteiger partial charge in [0.2, 0.25) is 0 Å². The molecule has 1 rings (SSSR count). The van der Waals surface area contributed by atoms with Crippen LogP contribution in [0.15, 0.2) is 0 Å². The third kappa shape index (κ3) is 2.27. The summed E-state index contributed by atoms with van der Waals surface area (Å²) in [7, 11) is 0. The van der Waals surface area contributed by atoms with Gasteiger partial charge in [0.25, 0.3) is 0 Å². The first kappa shape index (κ1) is 11.1. The standard InChI is InChI=1S/C13H26/c1-9-7-8-10(2)12(11(9)3)13(4,5)6/h9-12H,7-8H2,1-6H3. The molecule has 13 heavy (non-hydrogen) atoms. The lowest BCUT2D eigenvalue weighted by Crippen LogP contribution is -2.38. The van der Waals surface area contributed by atoms with E-state index in [4.69, 9.17) is 0 Å². The fraction of sp³-hybridized carbons (Fsp3) is 1.00. The van der Waals surface area contributed by atoms with Crippen LogP contribution in [0.4, 0.5) is 0 Å². The quantitative estimate of drug-likeness (QED) is 0.522. The first-order valence-corrected chi connectivity index (χ1v) is 5.84. The van der Waals surface area contributed by atoms with Gasteiger partial charge in [-0.25, -0.2) is 0 Å². The molecule has 0 spiro atoms. The minimum Gasteiger partial charge on any atom is -0.0622 e. The van der Waals surface area contributed by atoms with Gasteiger partial charge in [0, 0.05) is 0 Å². The molecule has 1 aliphatic rings. The molecule has 0 amide bonds. The zero-order valence-corrected chi connectivity index (χ0v) is 10.2. The zero-order valence-electron chi connectivity index (χ0n) is 10.2.